The van der Waals surface area contributed by atoms with E-state index in [0.717, 1.165) is 22.8 Å². The van der Waals surface area contributed by atoms with Crippen LogP contribution in [0.4, 0.5) is 0 Å². The molecule has 2 heterocycles. The SMILES string of the molecule is COC(=O)C1(C)OCC(c2ccc(OCc3nc(C(C)(C)C)oc3C)cc2)CO1. The molecule has 0 atom stereocenters. The summed E-state index contributed by atoms with van der Waals surface area (Å²) in [5.41, 5.74) is 1.71. The van der Waals surface area contributed by atoms with Crippen molar-refractivity contribution >= 4 is 5.97 Å². The fourth-order valence-corrected chi connectivity index (χ4v) is 2.98. The largest absolute Gasteiger partial charge is 0.487 e. The average Bonchev–Trinajstić information content (AvgIpc) is 3.08. The zero-order chi connectivity index (χ0) is 21.2. The van der Waals surface area contributed by atoms with Gasteiger partial charge in [0.15, 0.2) is 5.89 Å². The molecule has 7 nitrogen and oxygen atoms in total. The van der Waals surface area contributed by atoms with Crippen molar-refractivity contribution < 1.29 is 28.2 Å². The Morgan fingerprint density at radius 2 is 1.83 bits per heavy atom. The Bertz CT molecular complexity index is 841. The molecule has 0 saturated carbocycles. The number of aryl methyl sites for hydroxylation is 1. The van der Waals surface area contributed by atoms with Crippen LogP contribution in [0.3, 0.4) is 0 Å². The number of rotatable bonds is 5. The van der Waals surface area contributed by atoms with Crippen LogP contribution in [0, 0.1) is 6.92 Å². The minimum absolute atomic E-state index is 0.0360. The molecule has 3 rings (SSSR count). The number of ether oxygens (including phenoxy) is 4. The lowest BCUT2D eigenvalue weighted by Crippen LogP contribution is -2.47. The number of oxazole rings is 1. The Kier molecular flexibility index (Phi) is 6.00. The lowest BCUT2D eigenvalue weighted by atomic mass is 9.97. The van der Waals surface area contributed by atoms with Gasteiger partial charge in [-0.2, -0.15) is 0 Å². The second-order valence-corrected chi connectivity index (χ2v) is 8.39. The Hall–Kier alpha value is -2.38. The van der Waals surface area contributed by atoms with Gasteiger partial charge in [-0.1, -0.05) is 32.9 Å². The van der Waals surface area contributed by atoms with E-state index < -0.39 is 11.8 Å². The Morgan fingerprint density at radius 3 is 2.34 bits per heavy atom. The van der Waals surface area contributed by atoms with Gasteiger partial charge in [0.25, 0.3) is 5.79 Å². The molecule has 1 aromatic heterocycles. The van der Waals surface area contributed by atoms with Crippen molar-refractivity contribution in [2.45, 2.75) is 58.3 Å². The average molecular weight is 403 g/mol. The van der Waals surface area contributed by atoms with Crippen LogP contribution in [0.25, 0.3) is 0 Å². The highest BCUT2D eigenvalue weighted by molar-refractivity contribution is 5.77. The Labute approximate surface area is 171 Å². The molecule has 1 fully saturated rings. The number of hydrogen-bond acceptors (Lipinski definition) is 7. The molecule has 0 amide bonds. The first-order chi connectivity index (χ1) is 13.6. The van der Waals surface area contributed by atoms with Gasteiger partial charge in [0.05, 0.1) is 20.3 Å². The molecule has 1 saturated heterocycles. The van der Waals surface area contributed by atoms with Gasteiger partial charge in [-0.15, -0.1) is 0 Å². The van der Waals surface area contributed by atoms with E-state index in [1.165, 1.54) is 7.11 Å². The summed E-state index contributed by atoms with van der Waals surface area (Å²) in [7, 11) is 1.32. The van der Waals surface area contributed by atoms with Crippen molar-refractivity contribution in [3.63, 3.8) is 0 Å². The topological polar surface area (TPSA) is 80.0 Å². The number of benzene rings is 1. The minimum Gasteiger partial charge on any atom is -0.487 e. The van der Waals surface area contributed by atoms with Crippen LogP contribution < -0.4 is 4.74 Å². The van der Waals surface area contributed by atoms with Gasteiger partial charge in [-0.25, -0.2) is 9.78 Å². The summed E-state index contributed by atoms with van der Waals surface area (Å²) in [6.45, 7) is 10.8. The fraction of sp³-hybridized carbons (Fsp3) is 0.545. The standard InChI is InChI=1S/C22H29NO6/c1-14-18(23-19(29-14)21(2,3)4)13-26-17-9-7-15(8-10-17)16-11-27-22(5,28-12-16)20(24)25-6/h7-10,16H,11-13H2,1-6H3. The zero-order valence-corrected chi connectivity index (χ0v) is 17.9. The highest BCUT2D eigenvalue weighted by atomic mass is 16.7. The quantitative estimate of drug-likeness (QED) is 0.701. The van der Waals surface area contributed by atoms with Crippen molar-refractivity contribution in [1.82, 2.24) is 4.98 Å². The monoisotopic (exact) mass is 403 g/mol. The first-order valence-corrected chi connectivity index (χ1v) is 9.68. The smallest absolute Gasteiger partial charge is 0.366 e. The third-order valence-electron chi connectivity index (χ3n) is 4.94. The molecular formula is C22H29NO6. The number of esters is 1. The van der Waals surface area contributed by atoms with Gasteiger partial charge < -0.3 is 23.4 Å². The van der Waals surface area contributed by atoms with E-state index in [0.29, 0.717) is 25.7 Å². The third-order valence-corrected chi connectivity index (χ3v) is 4.94. The zero-order valence-electron chi connectivity index (χ0n) is 17.9. The van der Waals surface area contributed by atoms with E-state index >= 15 is 0 Å². The molecule has 158 valence electrons. The molecule has 1 aromatic carbocycles. The van der Waals surface area contributed by atoms with Gasteiger partial charge in [0.1, 0.15) is 23.8 Å². The summed E-state index contributed by atoms with van der Waals surface area (Å²) < 4.78 is 27.6. The first kappa shape index (κ1) is 21.3. The number of hydrogen-bond donors (Lipinski definition) is 0. The number of nitrogens with zero attached hydrogens (tertiary/aromatic N) is 1. The molecule has 2 aromatic rings. The van der Waals surface area contributed by atoms with Crippen molar-refractivity contribution in [3.05, 3.63) is 47.2 Å². The predicted octanol–water partition coefficient (Wildman–Crippen LogP) is 3.88. The van der Waals surface area contributed by atoms with Crippen molar-refractivity contribution in [2.75, 3.05) is 20.3 Å². The summed E-state index contributed by atoms with van der Waals surface area (Å²) in [5.74, 6) is 0.393. The Morgan fingerprint density at radius 1 is 1.21 bits per heavy atom. The van der Waals surface area contributed by atoms with E-state index in [1.807, 2.05) is 31.2 Å². The fourth-order valence-electron chi connectivity index (χ4n) is 2.98. The van der Waals surface area contributed by atoms with Crippen LogP contribution in [0.5, 0.6) is 5.75 Å². The lowest BCUT2D eigenvalue weighted by molar-refractivity contribution is -0.264. The molecule has 0 radical (unpaired) electrons. The van der Waals surface area contributed by atoms with E-state index in [-0.39, 0.29) is 11.3 Å². The van der Waals surface area contributed by atoms with Crippen LogP contribution in [0.1, 0.15) is 56.5 Å². The van der Waals surface area contributed by atoms with Gasteiger partial charge in [0, 0.05) is 18.3 Å². The molecule has 7 heteroatoms. The lowest BCUT2D eigenvalue weighted by Gasteiger charge is -2.35. The van der Waals surface area contributed by atoms with E-state index in [1.54, 1.807) is 6.92 Å². The molecule has 0 unspecified atom stereocenters. The first-order valence-electron chi connectivity index (χ1n) is 9.68. The van der Waals surface area contributed by atoms with Gasteiger partial charge in [-0.05, 0) is 24.6 Å². The van der Waals surface area contributed by atoms with Crippen LogP contribution in [-0.4, -0.2) is 37.1 Å². The van der Waals surface area contributed by atoms with Crippen LogP contribution in [0.2, 0.25) is 0 Å². The molecular weight excluding hydrogens is 374 g/mol. The molecule has 0 N–H and O–H groups in total. The maximum Gasteiger partial charge on any atom is 0.366 e. The molecule has 29 heavy (non-hydrogen) atoms. The highest BCUT2D eigenvalue weighted by Gasteiger charge is 2.41. The second kappa shape index (κ2) is 8.16. The minimum atomic E-state index is -1.34. The maximum atomic E-state index is 11.7. The van der Waals surface area contributed by atoms with E-state index in [9.17, 15) is 4.79 Å². The molecule has 0 bridgehead atoms. The summed E-state index contributed by atoms with van der Waals surface area (Å²) in [6.07, 6.45) is 0. The number of methoxy groups -OCH3 is 1. The molecule has 1 aliphatic heterocycles. The number of carbonyl (C=O) groups is 1. The van der Waals surface area contributed by atoms with Gasteiger partial charge in [-0.3, -0.25) is 0 Å². The highest BCUT2D eigenvalue weighted by Crippen LogP contribution is 2.30. The maximum absolute atomic E-state index is 11.7. The van der Waals surface area contributed by atoms with Crippen LogP contribution >= 0.6 is 0 Å². The van der Waals surface area contributed by atoms with Crippen LogP contribution in [0.15, 0.2) is 28.7 Å². The van der Waals surface area contributed by atoms with Crippen LogP contribution in [-0.2, 0) is 31.0 Å². The van der Waals surface area contributed by atoms with Gasteiger partial charge >= 0.3 is 5.97 Å². The number of carbonyl (C=O) groups excluding carboxylic acids is 1. The van der Waals surface area contributed by atoms with E-state index in [4.69, 9.17) is 23.4 Å². The van der Waals surface area contributed by atoms with Crippen molar-refractivity contribution in [2.24, 2.45) is 0 Å². The molecule has 0 spiro atoms. The van der Waals surface area contributed by atoms with Crippen molar-refractivity contribution in [1.29, 1.82) is 0 Å². The molecule has 1 aliphatic rings. The Balaban J connectivity index is 1.58. The summed E-state index contributed by atoms with van der Waals surface area (Å²) in [4.78, 5) is 16.3. The summed E-state index contributed by atoms with van der Waals surface area (Å²) in [5, 5.41) is 0. The molecule has 0 aliphatic carbocycles. The van der Waals surface area contributed by atoms with Crippen molar-refractivity contribution in [3.8, 4) is 5.75 Å². The number of aromatic nitrogens is 1. The van der Waals surface area contributed by atoms with E-state index in [2.05, 4.69) is 25.8 Å². The predicted molar refractivity (Wildman–Crippen MR) is 106 cm³/mol. The normalized spacial score (nSPS) is 22.3. The summed E-state index contributed by atoms with van der Waals surface area (Å²) in [6, 6.07) is 7.76. The summed E-state index contributed by atoms with van der Waals surface area (Å²) >= 11 is 0. The third kappa shape index (κ3) is 4.79. The second-order valence-electron chi connectivity index (χ2n) is 8.39. The van der Waals surface area contributed by atoms with Gasteiger partial charge in [0.2, 0.25) is 0 Å².